The summed E-state index contributed by atoms with van der Waals surface area (Å²) >= 11 is 0. The van der Waals surface area contributed by atoms with Crippen LogP contribution in [0, 0.1) is 5.92 Å². The van der Waals surface area contributed by atoms with E-state index in [-0.39, 0.29) is 17.8 Å². The first kappa shape index (κ1) is 15.3. The van der Waals surface area contributed by atoms with Crippen LogP contribution in [-0.4, -0.2) is 56.1 Å². The molecule has 1 aliphatic rings. The lowest BCUT2D eigenvalue weighted by Crippen LogP contribution is -2.40. The fourth-order valence-electron chi connectivity index (χ4n) is 2.44. The normalized spacial score (nSPS) is 15.7. The van der Waals surface area contributed by atoms with Crippen molar-refractivity contribution in [1.82, 2.24) is 9.88 Å². The SMILES string of the molecule is COC(=O)C1CCN(C(=O)c2ccc(N(C)C)nc2)CC1. The van der Waals surface area contributed by atoms with Gasteiger partial charge in [0, 0.05) is 33.4 Å². The molecule has 2 rings (SSSR count). The number of methoxy groups -OCH3 is 1. The number of esters is 1. The summed E-state index contributed by atoms with van der Waals surface area (Å²) in [5.74, 6) is 0.513. The van der Waals surface area contributed by atoms with Crippen molar-refractivity contribution in [2.24, 2.45) is 5.92 Å². The molecule has 0 radical (unpaired) electrons. The van der Waals surface area contributed by atoms with E-state index in [4.69, 9.17) is 4.74 Å². The number of hydrogen-bond donors (Lipinski definition) is 0. The van der Waals surface area contributed by atoms with Crippen LogP contribution in [0.2, 0.25) is 0 Å². The molecule has 114 valence electrons. The summed E-state index contributed by atoms with van der Waals surface area (Å²) in [6.45, 7) is 1.15. The average molecular weight is 291 g/mol. The molecule has 0 N–H and O–H groups in total. The standard InChI is InChI=1S/C15H21N3O3/c1-17(2)13-5-4-12(10-16-13)14(19)18-8-6-11(7-9-18)15(20)21-3/h4-5,10-11H,6-9H2,1-3H3. The summed E-state index contributed by atoms with van der Waals surface area (Å²) in [5.41, 5.74) is 0.581. The highest BCUT2D eigenvalue weighted by Crippen LogP contribution is 2.20. The fraction of sp³-hybridized carbons (Fsp3) is 0.533. The van der Waals surface area contributed by atoms with Gasteiger partial charge in [0.25, 0.3) is 5.91 Å². The fourth-order valence-corrected chi connectivity index (χ4v) is 2.44. The molecule has 0 atom stereocenters. The molecule has 1 aromatic rings. The Balaban J connectivity index is 1.97. The van der Waals surface area contributed by atoms with Crippen LogP contribution < -0.4 is 4.90 Å². The maximum atomic E-state index is 12.4. The lowest BCUT2D eigenvalue weighted by Gasteiger charge is -2.30. The molecule has 1 aliphatic heterocycles. The minimum Gasteiger partial charge on any atom is -0.469 e. The minimum atomic E-state index is -0.181. The quantitative estimate of drug-likeness (QED) is 0.782. The smallest absolute Gasteiger partial charge is 0.308 e. The summed E-state index contributed by atoms with van der Waals surface area (Å²) in [4.78, 5) is 31.8. The summed E-state index contributed by atoms with van der Waals surface area (Å²) in [6, 6.07) is 3.62. The van der Waals surface area contributed by atoms with Crippen molar-refractivity contribution in [3.63, 3.8) is 0 Å². The van der Waals surface area contributed by atoms with Crippen molar-refractivity contribution < 1.29 is 14.3 Å². The van der Waals surface area contributed by atoms with Crippen LogP contribution in [0.25, 0.3) is 0 Å². The largest absolute Gasteiger partial charge is 0.469 e. The molecule has 1 fully saturated rings. The molecular formula is C15H21N3O3. The van der Waals surface area contributed by atoms with Crippen molar-refractivity contribution >= 4 is 17.7 Å². The number of piperidine rings is 1. The minimum absolute atomic E-state index is 0.0314. The second kappa shape index (κ2) is 6.56. The zero-order valence-corrected chi connectivity index (χ0v) is 12.7. The summed E-state index contributed by atoms with van der Waals surface area (Å²) < 4.78 is 4.75. The van der Waals surface area contributed by atoms with Crippen LogP contribution in [0.3, 0.4) is 0 Å². The molecule has 6 heteroatoms. The molecule has 2 heterocycles. The monoisotopic (exact) mass is 291 g/mol. The first-order valence-corrected chi connectivity index (χ1v) is 7.03. The number of ether oxygens (including phenoxy) is 1. The number of anilines is 1. The summed E-state index contributed by atoms with van der Waals surface area (Å²) in [5, 5.41) is 0. The Bertz CT molecular complexity index is 505. The predicted molar refractivity (Wildman–Crippen MR) is 79.2 cm³/mol. The van der Waals surface area contributed by atoms with Crippen LogP contribution in [0.1, 0.15) is 23.2 Å². The highest BCUT2D eigenvalue weighted by atomic mass is 16.5. The Kier molecular flexibility index (Phi) is 4.77. The van der Waals surface area contributed by atoms with Gasteiger partial charge in [-0.3, -0.25) is 9.59 Å². The Morgan fingerprint density at radius 3 is 2.43 bits per heavy atom. The third-order valence-electron chi connectivity index (χ3n) is 3.77. The molecule has 0 saturated carbocycles. The Labute approximate surface area is 124 Å². The van der Waals surface area contributed by atoms with Gasteiger partial charge in [-0.2, -0.15) is 0 Å². The van der Waals surface area contributed by atoms with Crippen molar-refractivity contribution in [3.05, 3.63) is 23.9 Å². The van der Waals surface area contributed by atoms with Gasteiger partial charge in [0.2, 0.25) is 0 Å². The zero-order chi connectivity index (χ0) is 15.4. The second-order valence-corrected chi connectivity index (χ2v) is 5.39. The molecule has 1 saturated heterocycles. The second-order valence-electron chi connectivity index (χ2n) is 5.39. The van der Waals surface area contributed by atoms with E-state index in [2.05, 4.69) is 4.98 Å². The number of rotatable bonds is 3. The maximum absolute atomic E-state index is 12.4. The van der Waals surface area contributed by atoms with Gasteiger partial charge in [-0.05, 0) is 25.0 Å². The molecule has 0 bridgehead atoms. The maximum Gasteiger partial charge on any atom is 0.308 e. The van der Waals surface area contributed by atoms with Gasteiger partial charge >= 0.3 is 5.97 Å². The third-order valence-corrected chi connectivity index (χ3v) is 3.77. The highest BCUT2D eigenvalue weighted by molar-refractivity contribution is 5.94. The van der Waals surface area contributed by atoms with E-state index in [1.807, 2.05) is 25.1 Å². The summed E-state index contributed by atoms with van der Waals surface area (Å²) in [6.07, 6.45) is 2.91. The predicted octanol–water partition coefficient (Wildman–Crippen LogP) is 1.17. The number of pyridine rings is 1. The van der Waals surface area contributed by atoms with Gasteiger partial charge in [0.1, 0.15) is 5.82 Å². The van der Waals surface area contributed by atoms with Crippen molar-refractivity contribution in [1.29, 1.82) is 0 Å². The van der Waals surface area contributed by atoms with E-state index >= 15 is 0 Å². The van der Waals surface area contributed by atoms with Crippen LogP contribution in [0.4, 0.5) is 5.82 Å². The lowest BCUT2D eigenvalue weighted by molar-refractivity contribution is -0.146. The first-order chi connectivity index (χ1) is 10.0. The van der Waals surface area contributed by atoms with E-state index < -0.39 is 0 Å². The summed E-state index contributed by atoms with van der Waals surface area (Å²) in [7, 11) is 5.21. The van der Waals surface area contributed by atoms with Gasteiger partial charge in [-0.15, -0.1) is 0 Å². The molecule has 0 aliphatic carbocycles. The number of nitrogens with zero attached hydrogens (tertiary/aromatic N) is 3. The third kappa shape index (κ3) is 3.51. The molecular weight excluding hydrogens is 270 g/mol. The molecule has 6 nitrogen and oxygen atoms in total. The van der Waals surface area contributed by atoms with Gasteiger partial charge < -0.3 is 14.5 Å². The van der Waals surface area contributed by atoms with E-state index in [0.717, 1.165) is 5.82 Å². The Hall–Kier alpha value is -2.11. The van der Waals surface area contributed by atoms with E-state index in [1.165, 1.54) is 7.11 Å². The van der Waals surface area contributed by atoms with Crippen molar-refractivity contribution in [2.45, 2.75) is 12.8 Å². The topological polar surface area (TPSA) is 62.7 Å². The van der Waals surface area contributed by atoms with Crippen molar-refractivity contribution in [2.75, 3.05) is 39.2 Å². The molecule has 21 heavy (non-hydrogen) atoms. The van der Waals surface area contributed by atoms with Crippen LogP contribution in [0.5, 0.6) is 0 Å². The molecule has 0 spiro atoms. The van der Waals surface area contributed by atoms with Crippen LogP contribution >= 0.6 is 0 Å². The lowest BCUT2D eigenvalue weighted by atomic mass is 9.96. The van der Waals surface area contributed by atoms with E-state index in [1.54, 1.807) is 17.2 Å². The Morgan fingerprint density at radius 1 is 1.29 bits per heavy atom. The first-order valence-electron chi connectivity index (χ1n) is 7.03. The number of amides is 1. The van der Waals surface area contributed by atoms with E-state index in [9.17, 15) is 9.59 Å². The highest BCUT2D eigenvalue weighted by Gasteiger charge is 2.28. The van der Waals surface area contributed by atoms with Gasteiger partial charge in [-0.1, -0.05) is 0 Å². The molecule has 1 amide bonds. The van der Waals surface area contributed by atoms with Gasteiger partial charge in [-0.25, -0.2) is 4.98 Å². The van der Waals surface area contributed by atoms with Crippen molar-refractivity contribution in [3.8, 4) is 0 Å². The number of likely N-dealkylation sites (tertiary alicyclic amines) is 1. The van der Waals surface area contributed by atoms with Gasteiger partial charge in [0.05, 0.1) is 18.6 Å². The number of carbonyl (C=O) groups is 2. The molecule has 0 aromatic carbocycles. The van der Waals surface area contributed by atoms with Crippen LogP contribution in [-0.2, 0) is 9.53 Å². The Morgan fingerprint density at radius 2 is 1.95 bits per heavy atom. The number of carbonyl (C=O) groups excluding carboxylic acids is 2. The van der Waals surface area contributed by atoms with Gasteiger partial charge in [0.15, 0.2) is 0 Å². The zero-order valence-electron chi connectivity index (χ0n) is 12.7. The molecule has 0 unspecified atom stereocenters. The molecule has 1 aromatic heterocycles. The average Bonchev–Trinajstić information content (AvgIpc) is 2.53. The number of hydrogen-bond acceptors (Lipinski definition) is 5. The van der Waals surface area contributed by atoms with E-state index in [0.29, 0.717) is 31.5 Å². The van der Waals surface area contributed by atoms with Crippen LogP contribution in [0.15, 0.2) is 18.3 Å². The number of aromatic nitrogens is 1.